The summed E-state index contributed by atoms with van der Waals surface area (Å²) in [5, 5.41) is 17.3. The summed E-state index contributed by atoms with van der Waals surface area (Å²) in [6.45, 7) is 4.98. The molecular formula is C18H21N5O5. The minimum absolute atomic E-state index is 0.109. The standard InChI is InChI=1S/C18H21N5O5/c1-9-11(10(2)21(3)20-9)6-19-17(26)12-7-22-8-13-23(4-5-28-13)18(27)14(22)16(25)15(12)24/h7,13,25H,4-6,8H2,1-3H3,(H,19,26). The van der Waals surface area contributed by atoms with Crippen molar-refractivity contribution in [2.75, 3.05) is 13.2 Å². The van der Waals surface area contributed by atoms with Crippen LogP contribution < -0.4 is 10.7 Å². The lowest BCUT2D eigenvalue weighted by molar-refractivity contribution is 0.00845. The molecule has 10 nitrogen and oxygen atoms in total. The average Bonchev–Trinajstić information content (AvgIpc) is 3.21. The molecule has 1 saturated heterocycles. The number of nitrogens with zero attached hydrogens (tertiary/aromatic N) is 4. The van der Waals surface area contributed by atoms with Gasteiger partial charge in [0.2, 0.25) is 5.43 Å². The van der Waals surface area contributed by atoms with E-state index in [0.717, 1.165) is 17.0 Å². The molecule has 2 aromatic rings. The van der Waals surface area contributed by atoms with Gasteiger partial charge in [-0.3, -0.25) is 19.1 Å². The first kappa shape index (κ1) is 18.2. The van der Waals surface area contributed by atoms with Gasteiger partial charge in [0.25, 0.3) is 11.8 Å². The average molecular weight is 387 g/mol. The number of carbonyl (C=O) groups is 2. The third-order valence-corrected chi connectivity index (χ3v) is 5.39. The number of hydrogen-bond acceptors (Lipinski definition) is 6. The van der Waals surface area contributed by atoms with Crippen molar-refractivity contribution in [2.45, 2.75) is 33.2 Å². The summed E-state index contributed by atoms with van der Waals surface area (Å²) < 4.78 is 8.64. The fourth-order valence-corrected chi connectivity index (χ4v) is 3.73. The molecule has 2 N–H and O–H groups in total. The number of carbonyl (C=O) groups excluding carboxylic acids is 2. The van der Waals surface area contributed by atoms with Crippen LogP contribution in [0, 0.1) is 13.8 Å². The maximum Gasteiger partial charge on any atom is 0.276 e. The Kier molecular flexibility index (Phi) is 4.22. The first-order valence-corrected chi connectivity index (χ1v) is 8.95. The van der Waals surface area contributed by atoms with Gasteiger partial charge in [0.05, 0.1) is 18.8 Å². The van der Waals surface area contributed by atoms with Crippen molar-refractivity contribution in [3.8, 4) is 5.75 Å². The summed E-state index contributed by atoms with van der Waals surface area (Å²) >= 11 is 0. The number of rotatable bonds is 3. The summed E-state index contributed by atoms with van der Waals surface area (Å²) in [6, 6.07) is 0. The third-order valence-electron chi connectivity index (χ3n) is 5.39. The van der Waals surface area contributed by atoms with Crippen LogP contribution in [-0.4, -0.2) is 55.5 Å². The predicted molar refractivity (Wildman–Crippen MR) is 97.0 cm³/mol. The van der Waals surface area contributed by atoms with Gasteiger partial charge in [-0.25, -0.2) is 0 Å². The van der Waals surface area contributed by atoms with Crippen LogP contribution >= 0.6 is 0 Å². The van der Waals surface area contributed by atoms with Crippen molar-refractivity contribution in [2.24, 2.45) is 7.05 Å². The Morgan fingerprint density at radius 1 is 1.39 bits per heavy atom. The van der Waals surface area contributed by atoms with Crippen LogP contribution in [0.15, 0.2) is 11.0 Å². The summed E-state index contributed by atoms with van der Waals surface area (Å²) in [5.74, 6) is -1.81. The van der Waals surface area contributed by atoms with Gasteiger partial charge in [-0.2, -0.15) is 5.10 Å². The maximum atomic E-state index is 12.6. The van der Waals surface area contributed by atoms with Crippen LogP contribution in [0.3, 0.4) is 0 Å². The third kappa shape index (κ3) is 2.68. The number of aromatic nitrogens is 3. The zero-order chi connectivity index (χ0) is 20.2. The van der Waals surface area contributed by atoms with E-state index in [1.54, 1.807) is 4.68 Å². The highest BCUT2D eigenvalue weighted by atomic mass is 16.5. The van der Waals surface area contributed by atoms with Crippen molar-refractivity contribution in [3.63, 3.8) is 0 Å². The Hall–Kier alpha value is -3.14. The zero-order valence-corrected chi connectivity index (χ0v) is 15.9. The second-order valence-corrected chi connectivity index (χ2v) is 7.00. The van der Waals surface area contributed by atoms with E-state index in [1.807, 2.05) is 20.9 Å². The molecule has 0 aliphatic carbocycles. The molecule has 0 bridgehead atoms. The molecular weight excluding hydrogens is 366 g/mol. The smallest absolute Gasteiger partial charge is 0.276 e. The predicted octanol–water partition coefficient (Wildman–Crippen LogP) is -0.354. The monoisotopic (exact) mass is 387 g/mol. The molecule has 2 aromatic heterocycles. The van der Waals surface area contributed by atoms with Gasteiger partial charge in [-0.15, -0.1) is 0 Å². The van der Waals surface area contributed by atoms with E-state index in [-0.39, 0.29) is 24.3 Å². The fraction of sp³-hybridized carbons (Fsp3) is 0.444. The molecule has 4 heterocycles. The number of aromatic hydroxyl groups is 1. The topological polar surface area (TPSA) is 119 Å². The molecule has 0 radical (unpaired) electrons. The minimum atomic E-state index is -0.865. The van der Waals surface area contributed by atoms with Crippen LogP contribution in [0.25, 0.3) is 0 Å². The Labute approximate surface area is 160 Å². The molecule has 2 amide bonds. The molecule has 0 saturated carbocycles. The summed E-state index contributed by atoms with van der Waals surface area (Å²) in [7, 11) is 1.81. The van der Waals surface area contributed by atoms with E-state index in [9.17, 15) is 19.5 Å². The molecule has 10 heteroatoms. The maximum absolute atomic E-state index is 12.6. The number of fused-ring (bicyclic) bond motifs is 2. The molecule has 0 spiro atoms. The summed E-state index contributed by atoms with van der Waals surface area (Å²) in [6.07, 6.45) is 0.852. The molecule has 148 valence electrons. The SMILES string of the molecule is Cc1nn(C)c(C)c1CNC(=O)c1cn2c(c(O)c1=O)C(=O)N1CCOC1C2. The molecule has 1 atom stereocenters. The minimum Gasteiger partial charge on any atom is -0.503 e. The van der Waals surface area contributed by atoms with Crippen molar-refractivity contribution in [3.05, 3.63) is 44.6 Å². The largest absolute Gasteiger partial charge is 0.503 e. The molecule has 2 aliphatic heterocycles. The van der Waals surface area contributed by atoms with E-state index in [0.29, 0.717) is 13.2 Å². The molecule has 2 aliphatic rings. The van der Waals surface area contributed by atoms with Crippen molar-refractivity contribution >= 4 is 11.8 Å². The lowest BCUT2D eigenvalue weighted by Crippen LogP contribution is -2.46. The number of pyridine rings is 1. The van der Waals surface area contributed by atoms with Gasteiger partial charge in [-0.05, 0) is 13.8 Å². The Balaban J connectivity index is 1.64. The fourth-order valence-electron chi connectivity index (χ4n) is 3.73. The number of amides is 2. The summed E-state index contributed by atoms with van der Waals surface area (Å²) in [5.41, 5.74) is 1.36. The molecule has 4 rings (SSSR count). The van der Waals surface area contributed by atoms with Crippen LogP contribution in [0.2, 0.25) is 0 Å². The number of aryl methyl sites for hydroxylation is 2. The second-order valence-electron chi connectivity index (χ2n) is 7.00. The van der Waals surface area contributed by atoms with Crippen molar-refractivity contribution in [1.82, 2.24) is 24.6 Å². The Bertz CT molecular complexity index is 1050. The Morgan fingerprint density at radius 2 is 2.14 bits per heavy atom. The van der Waals surface area contributed by atoms with E-state index >= 15 is 0 Å². The number of hydrogen-bond donors (Lipinski definition) is 2. The van der Waals surface area contributed by atoms with Gasteiger partial charge in [0.15, 0.2) is 17.7 Å². The number of nitrogens with one attached hydrogen (secondary N) is 1. The first-order valence-electron chi connectivity index (χ1n) is 8.95. The first-order chi connectivity index (χ1) is 13.3. The lowest BCUT2D eigenvalue weighted by Gasteiger charge is -2.31. The van der Waals surface area contributed by atoms with Crippen LogP contribution in [0.4, 0.5) is 0 Å². The second kappa shape index (κ2) is 6.48. The van der Waals surface area contributed by atoms with Gasteiger partial charge in [0, 0.05) is 37.6 Å². The van der Waals surface area contributed by atoms with Crippen molar-refractivity contribution < 1.29 is 19.4 Å². The highest BCUT2D eigenvalue weighted by molar-refractivity contribution is 5.99. The van der Waals surface area contributed by atoms with Crippen LogP contribution in [0.5, 0.6) is 5.75 Å². The summed E-state index contributed by atoms with van der Waals surface area (Å²) in [4.78, 5) is 39.2. The van der Waals surface area contributed by atoms with E-state index < -0.39 is 29.2 Å². The quantitative estimate of drug-likeness (QED) is 0.743. The normalized spacial score (nSPS) is 18.2. The van der Waals surface area contributed by atoms with Crippen LogP contribution in [-0.2, 0) is 24.9 Å². The lowest BCUT2D eigenvalue weighted by atomic mass is 10.1. The highest BCUT2D eigenvalue weighted by Crippen LogP contribution is 2.26. The Morgan fingerprint density at radius 3 is 2.82 bits per heavy atom. The highest BCUT2D eigenvalue weighted by Gasteiger charge is 2.39. The van der Waals surface area contributed by atoms with E-state index in [2.05, 4.69) is 10.4 Å². The van der Waals surface area contributed by atoms with E-state index in [4.69, 9.17) is 4.74 Å². The molecule has 0 aromatic carbocycles. The van der Waals surface area contributed by atoms with Gasteiger partial charge >= 0.3 is 0 Å². The van der Waals surface area contributed by atoms with Crippen molar-refractivity contribution in [1.29, 1.82) is 0 Å². The van der Waals surface area contributed by atoms with Gasteiger partial charge < -0.3 is 24.6 Å². The van der Waals surface area contributed by atoms with Gasteiger partial charge in [0.1, 0.15) is 5.56 Å². The van der Waals surface area contributed by atoms with E-state index in [1.165, 1.54) is 15.7 Å². The van der Waals surface area contributed by atoms with Crippen LogP contribution in [0.1, 0.15) is 37.8 Å². The zero-order valence-electron chi connectivity index (χ0n) is 15.9. The number of ether oxygens (including phenoxy) is 1. The molecule has 28 heavy (non-hydrogen) atoms. The molecule has 1 unspecified atom stereocenters. The molecule has 1 fully saturated rings. The van der Waals surface area contributed by atoms with Gasteiger partial charge in [-0.1, -0.05) is 0 Å².